The molecule has 9 nitrogen and oxygen atoms in total. The Kier molecular flexibility index (Phi) is 8.81. The van der Waals surface area contributed by atoms with Gasteiger partial charge < -0.3 is 18.9 Å². The molecular weight excluding hydrogens is 540 g/mol. The average molecular weight is 581 g/mol. The molecule has 0 N–H and O–H groups in total. The Balaban J connectivity index is 1.94. The van der Waals surface area contributed by atoms with E-state index in [-0.39, 0.29) is 30.3 Å². The molecule has 0 heterocycles. The molecule has 226 valence electrons. The molecule has 4 rings (SSSR count). The number of fused-ring (bicyclic) bond motifs is 2. The Morgan fingerprint density at radius 1 is 0.952 bits per heavy atom. The van der Waals surface area contributed by atoms with Gasteiger partial charge in [0.15, 0.2) is 5.60 Å². The predicted molar refractivity (Wildman–Crippen MR) is 152 cm³/mol. The number of hydrogen-bond acceptors (Lipinski definition) is 9. The van der Waals surface area contributed by atoms with E-state index < -0.39 is 59.3 Å². The van der Waals surface area contributed by atoms with E-state index in [1.54, 1.807) is 44.2 Å². The van der Waals surface area contributed by atoms with Crippen LogP contribution in [0.15, 0.2) is 53.6 Å². The molecule has 0 spiro atoms. The van der Waals surface area contributed by atoms with Crippen molar-refractivity contribution in [2.45, 2.75) is 79.1 Å². The smallest absolute Gasteiger partial charge is 0.338 e. The number of carbonyl (C=O) groups excluding carboxylic acids is 5. The van der Waals surface area contributed by atoms with Gasteiger partial charge in [0, 0.05) is 32.8 Å². The molecule has 0 saturated heterocycles. The maximum atomic E-state index is 14.5. The highest BCUT2D eigenvalue weighted by atomic mass is 16.6. The van der Waals surface area contributed by atoms with Gasteiger partial charge in [-0.1, -0.05) is 51.1 Å². The molecule has 0 aromatic heterocycles. The van der Waals surface area contributed by atoms with E-state index in [0.29, 0.717) is 23.1 Å². The van der Waals surface area contributed by atoms with Crippen LogP contribution in [-0.2, 0) is 38.1 Å². The van der Waals surface area contributed by atoms with Gasteiger partial charge in [-0.2, -0.15) is 0 Å². The van der Waals surface area contributed by atoms with Gasteiger partial charge in [0.1, 0.15) is 18.8 Å². The zero-order chi connectivity index (χ0) is 31.0. The van der Waals surface area contributed by atoms with E-state index in [1.165, 1.54) is 20.8 Å². The van der Waals surface area contributed by atoms with Crippen LogP contribution >= 0.6 is 0 Å². The first kappa shape index (κ1) is 31.2. The molecule has 2 saturated carbocycles. The second-order valence-corrected chi connectivity index (χ2v) is 12.4. The van der Waals surface area contributed by atoms with E-state index in [0.717, 1.165) is 0 Å². The van der Waals surface area contributed by atoms with Gasteiger partial charge in [0.25, 0.3) is 0 Å². The number of hydrogen-bond donors (Lipinski definition) is 0. The fraction of sp³-hybridized carbons (Fsp3) is 0.545. The van der Waals surface area contributed by atoms with Crippen molar-refractivity contribution >= 4 is 29.7 Å². The summed E-state index contributed by atoms with van der Waals surface area (Å²) < 4.78 is 23.4. The summed E-state index contributed by atoms with van der Waals surface area (Å²) in [4.78, 5) is 65.1. The lowest BCUT2D eigenvalue weighted by Crippen LogP contribution is -2.55. The Hall–Kier alpha value is -3.75. The third-order valence-electron chi connectivity index (χ3n) is 9.03. The first-order valence-corrected chi connectivity index (χ1v) is 14.4. The van der Waals surface area contributed by atoms with Crippen molar-refractivity contribution in [3.05, 3.63) is 59.2 Å². The number of benzene rings is 1. The van der Waals surface area contributed by atoms with Crippen LogP contribution < -0.4 is 0 Å². The van der Waals surface area contributed by atoms with Crippen molar-refractivity contribution in [1.82, 2.24) is 0 Å². The Morgan fingerprint density at radius 2 is 1.62 bits per heavy atom. The van der Waals surface area contributed by atoms with Crippen LogP contribution in [0.4, 0.5) is 0 Å². The maximum absolute atomic E-state index is 14.5. The molecule has 0 amide bonds. The zero-order valence-electron chi connectivity index (χ0n) is 25.3. The van der Waals surface area contributed by atoms with Crippen molar-refractivity contribution in [2.75, 3.05) is 6.61 Å². The SMILES string of the molecule is CC(=O)OC/C1=C/C[C@H]2[C@@H](/C=C(/C)C(=O)[C@@]3(OC(C)=O)C[C@H](C)C(OC(=O)c4ccccc4)[C@@H]3C1OC(C)=O)C2(C)C. The third kappa shape index (κ3) is 6.05. The van der Waals surface area contributed by atoms with Gasteiger partial charge in [0.2, 0.25) is 5.78 Å². The lowest BCUT2D eigenvalue weighted by Gasteiger charge is -2.40. The van der Waals surface area contributed by atoms with Crippen molar-refractivity contribution < 1.29 is 42.9 Å². The fourth-order valence-electron chi connectivity index (χ4n) is 6.90. The van der Waals surface area contributed by atoms with E-state index in [2.05, 4.69) is 13.8 Å². The molecule has 9 heteroatoms. The van der Waals surface area contributed by atoms with E-state index >= 15 is 0 Å². The standard InChI is InChI=1S/C33H40O9/c1-18-15-26-25(32(26,6)7)14-13-24(17-39-20(3)34)29(40-21(4)35)27-28(41-31(38)23-11-9-8-10-12-23)19(2)16-33(27,30(18)37)42-22(5)36/h8-13,15,19,25-29H,14,16-17H2,1-7H3/b18-15-,24-13-/t19-,25-,26+,27+,28?,29?,33+/m0/s1. The topological polar surface area (TPSA) is 122 Å². The second-order valence-electron chi connectivity index (χ2n) is 12.4. The van der Waals surface area contributed by atoms with Crippen LogP contribution in [0.3, 0.4) is 0 Å². The molecular formula is C33H40O9. The highest BCUT2D eigenvalue weighted by Gasteiger charge is 2.65. The van der Waals surface area contributed by atoms with Crippen LogP contribution in [0, 0.1) is 29.1 Å². The van der Waals surface area contributed by atoms with Gasteiger partial charge >= 0.3 is 23.9 Å². The quantitative estimate of drug-likeness (QED) is 0.266. The fourth-order valence-corrected chi connectivity index (χ4v) is 6.90. The number of allylic oxidation sites excluding steroid dienone is 2. The number of carbonyl (C=O) groups is 5. The average Bonchev–Trinajstić information content (AvgIpc) is 3.30. The summed E-state index contributed by atoms with van der Waals surface area (Å²) in [6, 6.07) is 8.40. The summed E-state index contributed by atoms with van der Waals surface area (Å²) >= 11 is 0. The van der Waals surface area contributed by atoms with Crippen molar-refractivity contribution in [3.8, 4) is 0 Å². The molecule has 2 fully saturated rings. The van der Waals surface area contributed by atoms with Crippen molar-refractivity contribution in [2.24, 2.45) is 29.1 Å². The largest absolute Gasteiger partial charge is 0.461 e. The molecule has 3 aliphatic rings. The molecule has 0 radical (unpaired) electrons. The Morgan fingerprint density at radius 3 is 2.21 bits per heavy atom. The first-order valence-electron chi connectivity index (χ1n) is 14.4. The molecule has 0 aliphatic heterocycles. The summed E-state index contributed by atoms with van der Waals surface area (Å²) in [6.07, 6.45) is 2.24. The minimum atomic E-state index is -1.82. The summed E-state index contributed by atoms with van der Waals surface area (Å²) in [5, 5.41) is 0. The van der Waals surface area contributed by atoms with Gasteiger partial charge in [-0.3, -0.25) is 19.2 Å². The van der Waals surface area contributed by atoms with Crippen LogP contribution in [-0.4, -0.2) is 54.1 Å². The van der Waals surface area contributed by atoms with Crippen LogP contribution in [0.1, 0.15) is 71.7 Å². The molecule has 7 atom stereocenters. The second kappa shape index (κ2) is 11.9. The molecule has 1 aromatic rings. The van der Waals surface area contributed by atoms with Gasteiger partial charge in [-0.15, -0.1) is 0 Å². The molecule has 1 aromatic carbocycles. The number of ketones is 1. The summed E-state index contributed by atoms with van der Waals surface area (Å²) in [5.74, 6) is -4.28. The molecule has 2 unspecified atom stereocenters. The molecule has 0 bridgehead atoms. The molecule has 3 aliphatic carbocycles. The molecule has 42 heavy (non-hydrogen) atoms. The highest BCUT2D eigenvalue weighted by molar-refractivity contribution is 6.03. The minimum Gasteiger partial charge on any atom is -0.461 e. The Labute approximate surface area is 246 Å². The van der Waals surface area contributed by atoms with Crippen LogP contribution in [0.5, 0.6) is 0 Å². The number of Topliss-reactive ketones (excluding diaryl/α,β-unsaturated/α-hetero) is 1. The maximum Gasteiger partial charge on any atom is 0.338 e. The number of ether oxygens (including phenoxy) is 4. The van der Waals surface area contributed by atoms with Gasteiger partial charge in [-0.25, -0.2) is 4.79 Å². The summed E-state index contributed by atoms with van der Waals surface area (Å²) in [5.41, 5.74) is -0.761. The summed E-state index contributed by atoms with van der Waals surface area (Å²) in [6.45, 7) is 11.3. The van der Waals surface area contributed by atoms with Crippen LogP contribution in [0.2, 0.25) is 0 Å². The summed E-state index contributed by atoms with van der Waals surface area (Å²) in [7, 11) is 0. The minimum absolute atomic E-state index is 0.0318. The Bertz CT molecular complexity index is 1320. The van der Waals surface area contributed by atoms with Crippen molar-refractivity contribution in [1.29, 1.82) is 0 Å². The monoisotopic (exact) mass is 580 g/mol. The first-order chi connectivity index (χ1) is 19.7. The van der Waals surface area contributed by atoms with Crippen molar-refractivity contribution in [3.63, 3.8) is 0 Å². The van der Waals surface area contributed by atoms with Crippen LogP contribution in [0.25, 0.3) is 0 Å². The highest BCUT2D eigenvalue weighted by Crippen LogP contribution is 2.62. The number of esters is 4. The van der Waals surface area contributed by atoms with E-state index in [1.807, 2.05) is 12.2 Å². The zero-order valence-corrected chi connectivity index (χ0v) is 25.3. The lowest BCUT2D eigenvalue weighted by molar-refractivity contribution is -0.179. The van der Waals surface area contributed by atoms with Gasteiger partial charge in [0.05, 0.1) is 11.5 Å². The number of rotatable bonds is 6. The normalized spacial score (nSPS) is 34.1. The third-order valence-corrected chi connectivity index (χ3v) is 9.03. The van der Waals surface area contributed by atoms with E-state index in [4.69, 9.17) is 18.9 Å². The van der Waals surface area contributed by atoms with Gasteiger partial charge in [-0.05, 0) is 54.2 Å². The predicted octanol–water partition coefficient (Wildman–Crippen LogP) is 4.78. The lowest BCUT2D eigenvalue weighted by atomic mass is 9.76. The van der Waals surface area contributed by atoms with E-state index in [9.17, 15) is 24.0 Å².